The molecule has 2 nitrogen and oxygen atoms in total. The minimum Gasteiger partial charge on any atom is -0.370 e. The highest BCUT2D eigenvalue weighted by Gasteiger charge is 1.95. The molecular weight excluding hydrogens is 174 g/mol. The third-order valence-electron chi connectivity index (χ3n) is 2.41. The molecule has 0 atom stereocenters. The summed E-state index contributed by atoms with van der Waals surface area (Å²) in [6.45, 7) is 5.89. The van der Waals surface area contributed by atoms with Crippen molar-refractivity contribution in [1.29, 1.82) is 0 Å². The van der Waals surface area contributed by atoms with Crippen molar-refractivity contribution in [3.63, 3.8) is 0 Å². The molecule has 0 aromatic heterocycles. The summed E-state index contributed by atoms with van der Waals surface area (Å²) in [5.74, 6) is 0. The first kappa shape index (κ1) is 11.2. The summed E-state index contributed by atoms with van der Waals surface area (Å²) in [5, 5.41) is 3.20. The Hall–Kier alpha value is -0.860. The highest BCUT2D eigenvalue weighted by molar-refractivity contribution is 5.29. The summed E-state index contributed by atoms with van der Waals surface area (Å²) < 4.78 is 4.91. The van der Waals surface area contributed by atoms with Crippen LogP contribution in [0.1, 0.15) is 16.7 Å². The largest absolute Gasteiger partial charge is 0.370 e. The van der Waals surface area contributed by atoms with Gasteiger partial charge in [0.1, 0.15) is 0 Å². The van der Waals surface area contributed by atoms with Gasteiger partial charge in [-0.3, -0.25) is 5.32 Å². The number of hydrogen-bond acceptors (Lipinski definition) is 2. The average Bonchev–Trinajstić information content (AvgIpc) is 2.18. The van der Waals surface area contributed by atoms with Crippen LogP contribution in [0.2, 0.25) is 0 Å². The zero-order valence-corrected chi connectivity index (χ0v) is 9.26. The van der Waals surface area contributed by atoms with Crippen molar-refractivity contribution < 1.29 is 4.74 Å². The van der Waals surface area contributed by atoms with Gasteiger partial charge in [0.2, 0.25) is 0 Å². The van der Waals surface area contributed by atoms with Gasteiger partial charge in [0.05, 0.1) is 6.73 Å². The fourth-order valence-corrected chi connectivity index (χ4v) is 1.37. The number of hydrogen-bond donors (Lipinski definition) is 1. The molecule has 0 amide bonds. The van der Waals surface area contributed by atoms with Gasteiger partial charge in [-0.1, -0.05) is 18.2 Å². The lowest BCUT2D eigenvalue weighted by Gasteiger charge is -2.06. The highest BCUT2D eigenvalue weighted by Crippen LogP contribution is 2.09. The Labute approximate surface area is 86.3 Å². The predicted molar refractivity (Wildman–Crippen MR) is 59.5 cm³/mol. The molecule has 1 aromatic carbocycles. The lowest BCUT2D eigenvalue weighted by molar-refractivity contribution is 0.176. The van der Waals surface area contributed by atoms with Gasteiger partial charge in [-0.25, -0.2) is 0 Å². The van der Waals surface area contributed by atoms with E-state index in [4.69, 9.17) is 4.74 Å². The van der Waals surface area contributed by atoms with Crippen LogP contribution in [0.5, 0.6) is 0 Å². The van der Waals surface area contributed by atoms with Gasteiger partial charge in [0, 0.05) is 13.7 Å². The first-order valence-corrected chi connectivity index (χ1v) is 5.00. The van der Waals surface area contributed by atoms with E-state index in [9.17, 15) is 0 Å². The van der Waals surface area contributed by atoms with Gasteiger partial charge in [0.25, 0.3) is 0 Å². The van der Waals surface area contributed by atoms with Crippen molar-refractivity contribution in [3.8, 4) is 0 Å². The van der Waals surface area contributed by atoms with Gasteiger partial charge in [-0.05, 0) is 37.0 Å². The molecule has 0 aliphatic heterocycles. The molecule has 0 radical (unpaired) electrons. The molecule has 14 heavy (non-hydrogen) atoms. The lowest BCUT2D eigenvalue weighted by Crippen LogP contribution is -2.19. The standard InChI is InChI=1S/C12H19NO/c1-10-4-5-12(8-11(10)2)6-7-13-9-14-3/h4-5,8,13H,6-7,9H2,1-3H3. The molecule has 0 unspecified atom stereocenters. The van der Waals surface area contributed by atoms with E-state index >= 15 is 0 Å². The van der Waals surface area contributed by atoms with Crippen LogP contribution >= 0.6 is 0 Å². The maximum Gasteiger partial charge on any atom is 0.0961 e. The zero-order chi connectivity index (χ0) is 10.4. The van der Waals surface area contributed by atoms with E-state index in [0.29, 0.717) is 6.73 Å². The molecule has 0 spiro atoms. The fourth-order valence-electron chi connectivity index (χ4n) is 1.37. The average molecular weight is 193 g/mol. The first-order valence-electron chi connectivity index (χ1n) is 5.00. The highest BCUT2D eigenvalue weighted by atomic mass is 16.5. The third kappa shape index (κ3) is 3.48. The Morgan fingerprint density at radius 2 is 2.00 bits per heavy atom. The topological polar surface area (TPSA) is 21.3 Å². The minimum absolute atomic E-state index is 0.630. The van der Waals surface area contributed by atoms with Crippen molar-refractivity contribution in [2.45, 2.75) is 20.3 Å². The molecule has 78 valence electrons. The summed E-state index contributed by atoms with van der Waals surface area (Å²) in [5.41, 5.74) is 4.12. The van der Waals surface area contributed by atoms with Crippen LogP contribution < -0.4 is 5.32 Å². The SMILES string of the molecule is COCNCCc1ccc(C)c(C)c1. The van der Waals surface area contributed by atoms with Gasteiger partial charge in [0.15, 0.2) is 0 Å². The van der Waals surface area contributed by atoms with Crippen molar-refractivity contribution >= 4 is 0 Å². The first-order chi connectivity index (χ1) is 6.74. The van der Waals surface area contributed by atoms with Crippen LogP contribution in [0, 0.1) is 13.8 Å². The van der Waals surface area contributed by atoms with Gasteiger partial charge in [-0.15, -0.1) is 0 Å². The maximum absolute atomic E-state index is 4.91. The molecule has 2 heteroatoms. The Morgan fingerprint density at radius 1 is 1.21 bits per heavy atom. The van der Waals surface area contributed by atoms with E-state index in [2.05, 4.69) is 37.4 Å². The van der Waals surface area contributed by atoms with Crippen molar-refractivity contribution in [2.75, 3.05) is 20.4 Å². The lowest BCUT2D eigenvalue weighted by atomic mass is 10.0. The number of rotatable bonds is 5. The van der Waals surface area contributed by atoms with Gasteiger partial charge < -0.3 is 4.74 Å². The van der Waals surface area contributed by atoms with Crippen LogP contribution in [0.3, 0.4) is 0 Å². The fraction of sp³-hybridized carbons (Fsp3) is 0.500. The third-order valence-corrected chi connectivity index (χ3v) is 2.41. The van der Waals surface area contributed by atoms with Crippen molar-refractivity contribution in [1.82, 2.24) is 5.32 Å². The number of methoxy groups -OCH3 is 1. The van der Waals surface area contributed by atoms with Crippen LogP contribution in [0.4, 0.5) is 0 Å². The Kier molecular flexibility index (Phi) is 4.63. The molecule has 0 fully saturated rings. The number of ether oxygens (including phenoxy) is 1. The minimum atomic E-state index is 0.630. The van der Waals surface area contributed by atoms with E-state index in [0.717, 1.165) is 13.0 Å². The van der Waals surface area contributed by atoms with Gasteiger partial charge >= 0.3 is 0 Å². The molecule has 0 saturated heterocycles. The van der Waals surface area contributed by atoms with Crippen LogP contribution in [-0.4, -0.2) is 20.4 Å². The maximum atomic E-state index is 4.91. The molecule has 0 aliphatic carbocycles. The summed E-state index contributed by atoms with van der Waals surface area (Å²) in [6.07, 6.45) is 1.06. The Balaban J connectivity index is 2.39. The zero-order valence-electron chi connectivity index (χ0n) is 9.26. The molecule has 0 aliphatic rings. The smallest absolute Gasteiger partial charge is 0.0961 e. The second-order valence-corrected chi connectivity index (χ2v) is 3.60. The Morgan fingerprint density at radius 3 is 2.64 bits per heavy atom. The number of nitrogens with one attached hydrogen (secondary N) is 1. The van der Waals surface area contributed by atoms with Crippen LogP contribution in [0.25, 0.3) is 0 Å². The molecule has 1 N–H and O–H groups in total. The normalized spacial score (nSPS) is 10.5. The summed E-state index contributed by atoms with van der Waals surface area (Å²) >= 11 is 0. The van der Waals surface area contributed by atoms with Crippen molar-refractivity contribution in [2.24, 2.45) is 0 Å². The van der Waals surface area contributed by atoms with E-state index in [1.54, 1.807) is 7.11 Å². The summed E-state index contributed by atoms with van der Waals surface area (Å²) in [6, 6.07) is 6.63. The Bertz CT molecular complexity index is 284. The second kappa shape index (κ2) is 5.78. The molecule has 0 saturated carbocycles. The number of benzene rings is 1. The molecule has 0 bridgehead atoms. The quantitative estimate of drug-likeness (QED) is 0.571. The second-order valence-electron chi connectivity index (χ2n) is 3.60. The van der Waals surface area contributed by atoms with Crippen LogP contribution in [-0.2, 0) is 11.2 Å². The van der Waals surface area contributed by atoms with E-state index in [1.807, 2.05) is 0 Å². The van der Waals surface area contributed by atoms with Gasteiger partial charge in [-0.2, -0.15) is 0 Å². The van der Waals surface area contributed by atoms with E-state index in [-0.39, 0.29) is 0 Å². The number of aryl methyl sites for hydroxylation is 2. The predicted octanol–water partition coefficient (Wildman–Crippen LogP) is 2.04. The van der Waals surface area contributed by atoms with Crippen molar-refractivity contribution in [3.05, 3.63) is 34.9 Å². The monoisotopic (exact) mass is 193 g/mol. The van der Waals surface area contributed by atoms with E-state index in [1.165, 1.54) is 16.7 Å². The molecule has 0 heterocycles. The summed E-state index contributed by atoms with van der Waals surface area (Å²) in [4.78, 5) is 0. The molecule has 1 aromatic rings. The molecule has 1 rings (SSSR count). The summed E-state index contributed by atoms with van der Waals surface area (Å²) in [7, 11) is 1.70. The van der Waals surface area contributed by atoms with Crippen LogP contribution in [0.15, 0.2) is 18.2 Å². The van der Waals surface area contributed by atoms with E-state index < -0.39 is 0 Å². The molecular formula is C12H19NO.